The van der Waals surface area contributed by atoms with Crippen LogP contribution in [0, 0.1) is 5.82 Å². The van der Waals surface area contributed by atoms with Gasteiger partial charge in [0.15, 0.2) is 5.01 Å². The summed E-state index contributed by atoms with van der Waals surface area (Å²) in [4.78, 5) is 11.2. The van der Waals surface area contributed by atoms with Crippen molar-refractivity contribution in [2.75, 3.05) is 5.88 Å². The lowest BCUT2D eigenvalue weighted by Gasteiger charge is -2.08. The van der Waals surface area contributed by atoms with Gasteiger partial charge in [-0.3, -0.25) is 4.79 Å². The van der Waals surface area contributed by atoms with Crippen LogP contribution in [0.5, 0.6) is 0 Å². The molecule has 1 aromatic heterocycles. The van der Waals surface area contributed by atoms with Gasteiger partial charge in [-0.15, -0.1) is 21.8 Å². The number of alkyl halides is 1. The van der Waals surface area contributed by atoms with E-state index < -0.39 is 0 Å². The molecule has 1 aromatic carbocycles. The number of benzene rings is 1. The predicted molar refractivity (Wildman–Crippen MR) is 72.6 cm³/mol. The highest BCUT2D eigenvalue weighted by Crippen LogP contribution is 2.28. The molecule has 1 amide bonds. The van der Waals surface area contributed by atoms with E-state index in [0.717, 1.165) is 0 Å². The molecule has 19 heavy (non-hydrogen) atoms. The fourth-order valence-corrected chi connectivity index (χ4v) is 2.44. The zero-order valence-corrected chi connectivity index (χ0v) is 11.6. The Morgan fingerprint density at radius 2 is 2.21 bits per heavy atom. The number of halogens is 2. The SMILES string of the molecule is CC(NC(=O)CCl)c1nnc(-c2ccccc2F)s1. The van der Waals surface area contributed by atoms with Crippen molar-refractivity contribution in [1.29, 1.82) is 0 Å². The lowest BCUT2D eigenvalue weighted by atomic mass is 10.2. The fraction of sp³-hybridized carbons (Fsp3) is 0.250. The maximum absolute atomic E-state index is 13.6. The summed E-state index contributed by atoms with van der Waals surface area (Å²) >= 11 is 6.65. The van der Waals surface area contributed by atoms with E-state index in [9.17, 15) is 9.18 Å². The largest absolute Gasteiger partial charge is 0.346 e. The molecule has 1 atom stereocenters. The third-order valence-corrected chi connectivity index (χ3v) is 3.80. The lowest BCUT2D eigenvalue weighted by molar-refractivity contribution is -0.119. The summed E-state index contributed by atoms with van der Waals surface area (Å²) in [6.45, 7) is 1.77. The molecular formula is C12H11ClFN3OS. The number of nitrogens with zero attached hydrogens (tertiary/aromatic N) is 2. The summed E-state index contributed by atoms with van der Waals surface area (Å²) < 4.78 is 13.6. The molecule has 0 bridgehead atoms. The Morgan fingerprint density at radius 1 is 1.47 bits per heavy atom. The number of carbonyl (C=O) groups is 1. The van der Waals surface area contributed by atoms with Gasteiger partial charge in [-0.1, -0.05) is 23.5 Å². The van der Waals surface area contributed by atoms with Crippen LogP contribution in [0.1, 0.15) is 18.0 Å². The smallest absolute Gasteiger partial charge is 0.235 e. The van der Waals surface area contributed by atoms with Crippen LogP contribution in [-0.2, 0) is 4.79 Å². The van der Waals surface area contributed by atoms with Gasteiger partial charge in [-0.2, -0.15) is 0 Å². The second kappa shape index (κ2) is 6.08. The number of amides is 1. The second-order valence-electron chi connectivity index (χ2n) is 3.85. The Balaban J connectivity index is 2.20. The summed E-state index contributed by atoms with van der Waals surface area (Å²) in [5.41, 5.74) is 0.405. The molecule has 0 aliphatic rings. The monoisotopic (exact) mass is 299 g/mol. The number of hydrogen-bond acceptors (Lipinski definition) is 4. The number of aromatic nitrogens is 2. The molecule has 0 spiro atoms. The molecule has 4 nitrogen and oxygen atoms in total. The minimum absolute atomic E-state index is 0.108. The summed E-state index contributed by atoms with van der Waals surface area (Å²) in [5, 5.41) is 11.7. The molecule has 0 fully saturated rings. The Labute approximate surface area is 118 Å². The lowest BCUT2D eigenvalue weighted by Crippen LogP contribution is -2.27. The Morgan fingerprint density at radius 3 is 2.89 bits per heavy atom. The van der Waals surface area contributed by atoms with Crippen molar-refractivity contribution in [3.05, 3.63) is 35.1 Å². The highest BCUT2D eigenvalue weighted by atomic mass is 35.5. The first-order valence-corrected chi connectivity index (χ1v) is 6.90. The topological polar surface area (TPSA) is 54.9 Å². The van der Waals surface area contributed by atoms with E-state index in [0.29, 0.717) is 15.6 Å². The first-order chi connectivity index (χ1) is 9.11. The van der Waals surface area contributed by atoms with Crippen LogP contribution >= 0.6 is 22.9 Å². The zero-order valence-electron chi connectivity index (χ0n) is 10.1. The molecular weight excluding hydrogens is 289 g/mol. The zero-order chi connectivity index (χ0) is 13.8. The molecule has 0 saturated carbocycles. The van der Waals surface area contributed by atoms with Crippen LogP contribution < -0.4 is 5.32 Å². The van der Waals surface area contributed by atoms with Crippen LogP contribution in [0.3, 0.4) is 0 Å². The quantitative estimate of drug-likeness (QED) is 0.883. The van der Waals surface area contributed by atoms with Gasteiger partial charge in [-0.05, 0) is 19.1 Å². The third-order valence-electron chi connectivity index (χ3n) is 2.41. The van der Waals surface area contributed by atoms with Gasteiger partial charge in [0.1, 0.15) is 16.7 Å². The molecule has 1 unspecified atom stereocenters. The summed E-state index contributed by atoms with van der Waals surface area (Å²) in [6.07, 6.45) is 0. The Kier molecular flexibility index (Phi) is 4.44. The van der Waals surface area contributed by atoms with E-state index in [2.05, 4.69) is 15.5 Å². The van der Waals surface area contributed by atoms with Crippen LogP contribution in [0.15, 0.2) is 24.3 Å². The average Bonchev–Trinajstić information content (AvgIpc) is 2.88. The van der Waals surface area contributed by atoms with Crippen molar-refractivity contribution in [2.24, 2.45) is 0 Å². The number of hydrogen-bond donors (Lipinski definition) is 1. The molecule has 2 aromatic rings. The molecule has 100 valence electrons. The summed E-state index contributed by atoms with van der Waals surface area (Å²) in [6, 6.07) is 6.06. The third kappa shape index (κ3) is 3.27. The van der Waals surface area contributed by atoms with Crippen molar-refractivity contribution in [3.8, 4) is 10.6 Å². The first kappa shape index (κ1) is 13.9. The fourth-order valence-electron chi connectivity index (χ4n) is 1.49. The summed E-state index contributed by atoms with van der Waals surface area (Å²) in [7, 11) is 0. The minimum Gasteiger partial charge on any atom is -0.346 e. The van der Waals surface area contributed by atoms with E-state index in [1.165, 1.54) is 17.4 Å². The van der Waals surface area contributed by atoms with E-state index >= 15 is 0 Å². The van der Waals surface area contributed by atoms with Crippen LogP contribution in [0.2, 0.25) is 0 Å². The average molecular weight is 300 g/mol. The van der Waals surface area contributed by atoms with Gasteiger partial charge in [0, 0.05) is 5.56 Å². The van der Waals surface area contributed by atoms with E-state index in [1.54, 1.807) is 25.1 Å². The van der Waals surface area contributed by atoms with Gasteiger partial charge in [0.05, 0.1) is 6.04 Å². The minimum atomic E-state index is -0.345. The normalized spacial score (nSPS) is 12.2. The standard InChI is InChI=1S/C12H11ClFN3OS/c1-7(15-10(18)6-13)11-16-17-12(19-11)8-4-2-3-5-9(8)14/h2-5,7H,6H2,1H3,(H,15,18). The van der Waals surface area contributed by atoms with Gasteiger partial charge in [0.2, 0.25) is 5.91 Å². The summed E-state index contributed by atoms with van der Waals surface area (Å²) in [5.74, 6) is -0.733. The van der Waals surface area contributed by atoms with E-state index in [1.807, 2.05) is 0 Å². The van der Waals surface area contributed by atoms with Gasteiger partial charge in [-0.25, -0.2) is 4.39 Å². The molecule has 7 heteroatoms. The van der Waals surface area contributed by atoms with Crippen molar-refractivity contribution in [3.63, 3.8) is 0 Å². The molecule has 1 heterocycles. The second-order valence-corrected chi connectivity index (χ2v) is 5.12. The molecule has 0 aliphatic heterocycles. The number of rotatable bonds is 4. The van der Waals surface area contributed by atoms with Crippen molar-refractivity contribution in [1.82, 2.24) is 15.5 Å². The van der Waals surface area contributed by atoms with Crippen molar-refractivity contribution in [2.45, 2.75) is 13.0 Å². The molecule has 0 saturated heterocycles. The molecule has 0 radical (unpaired) electrons. The molecule has 1 N–H and O–H groups in total. The van der Waals surface area contributed by atoms with Crippen molar-refractivity contribution >= 4 is 28.8 Å². The first-order valence-electron chi connectivity index (χ1n) is 5.55. The highest BCUT2D eigenvalue weighted by Gasteiger charge is 2.16. The predicted octanol–water partition coefficient (Wildman–Crippen LogP) is 2.76. The maximum Gasteiger partial charge on any atom is 0.235 e. The van der Waals surface area contributed by atoms with Gasteiger partial charge >= 0.3 is 0 Å². The molecule has 2 rings (SSSR count). The van der Waals surface area contributed by atoms with Crippen LogP contribution in [0.25, 0.3) is 10.6 Å². The Hall–Kier alpha value is -1.53. The van der Waals surface area contributed by atoms with Gasteiger partial charge in [0.25, 0.3) is 0 Å². The number of carbonyl (C=O) groups excluding carboxylic acids is 1. The maximum atomic E-state index is 13.6. The van der Waals surface area contributed by atoms with Crippen LogP contribution in [0.4, 0.5) is 4.39 Å². The number of nitrogens with one attached hydrogen (secondary N) is 1. The van der Waals surface area contributed by atoms with E-state index in [-0.39, 0.29) is 23.6 Å². The van der Waals surface area contributed by atoms with Crippen LogP contribution in [-0.4, -0.2) is 22.0 Å². The van der Waals surface area contributed by atoms with Crippen molar-refractivity contribution < 1.29 is 9.18 Å². The van der Waals surface area contributed by atoms with Gasteiger partial charge < -0.3 is 5.32 Å². The van der Waals surface area contributed by atoms with E-state index in [4.69, 9.17) is 11.6 Å². The molecule has 0 aliphatic carbocycles. The Bertz CT molecular complexity index is 590. The highest BCUT2D eigenvalue weighted by molar-refractivity contribution is 7.14.